The Morgan fingerprint density at radius 1 is 0.562 bits per heavy atom. The first kappa shape index (κ1) is 19.1. The van der Waals surface area contributed by atoms with Gasteiger partial charge in [0.25, 0.3) is 0 Å². The van der Waals surface area contributed by atoms with E-state index in [1.54, 1.807) is 0 Å². The Morgan fingerprint density at radius 2 is 0.750 bits per heavy atom. The van der Waals surface area contributed by atoms with E-state index >= 15 is 0 Å². The van der Waals surface area contributed by atoms with Crippen molar-refractivity contribution in [1.29, 1.82) is 0 Å². The zero-order valence-electron chi connectivity index (χ0n) is 9.37. The van der Waals surface area contributed by atoms with Gasteiger partial charge in [-0.2, -0.15) is 0 Å². The van der Waals surface area contributed by atoms with Crippen molar-refractivity contribution in [2.45, 2.75) is 0 Å². The van der Waals surface area contributed by atoms with Gasteiger partial charge in [0.1, 0.15) is 0 Å². The first-order valence-electron chi connectivity index (χ1n) is 4.47. The molecule has 0 unspecified atom stereocenters. The van der Waals surface area contributed by atoms with Crippen molar-refractivity contribution < 1.29 is 49.5 Å². The van der Waals surface area contributed by atoms with E-state index in [0.717, 1.165) is 0 Å². The van der Waals surface area contributed by atoms with E-state index in [1.165, 1.54) is 0 Å². The fraction of sp³-hybridized carbons (Fsp3) is 1.00. The van der Waals surface area contributed by atoms with Crippen molar-refractivity contribution in [2.75, 3.05) is 37.4 Å². The normalized spacial score (nSPS) is 12.4. The molecule has 0 aromatic carbocycles. The standard InChI is InChI=1S/C6H18NO6Si2.Li/c8-1-14(2-9,3-10)7-15(4-11,5-12)6-13;/h8-13H,1-6H2;/q-1;+1. The van der Waals surface area contributed by atoms with E-state index in [2.05, 4.69) is 4.65 Å². The first-order chi connectivity index (χ1) is 7.07. The minimum Gasteiger partial charge on any atom is -0.655 e. The number of rotatable bonds is 8. The molecule has 92 valence electrons. The first-order valence-corrected chi connectivity index (χ1v) is 9.60. The molecule has 0 amide bonds. The molecular weight excluding hydrogens is 245 g/mol. The third kappa shape index (κ3) is 4.55. The minimum absolute atomic E-state index is 0. The molecule has 0 aliphatic rings. The summed E-state index contributed by atoms with van der Waals surface area (Å²) >= 11 is 0. The van der Waals surface area contributed by atoms with Crippen LogP contribution in [0.5, 0.6) is 0 Å². The molecule has 0 fully saturated rings. The Balaban J connectivity index is 0. The average molecular weight is 263 g/mol. The van der Waals surface area contributed by atoms with Crippen LogP contribution in [0.2, 0.25) is 0 Å². The van der Waals surface area contributed by atoms with Crippen LogP contribution in [0, 0.1) is 0 Å². The van der Waals surface area contributed by atoms with E-state index in [4.69, 9.17) is 30.6 Å². The van der Waals surface area contributed by atoms with Crippen LogP contribution in [0.1, 0.15) is 0 Å². The van der Waals surface area contributed by atoms with Crippen LogP contribution >= 0.6 is 0 Å². The molecule has 0 aromatic rings. The van der Waals surface area contributed by atoms with Crippen molar-refractivity contribution in [1.82, 2.24) is 0 Å². The van der Waals surface area contributed by atoms with E-state index in [0.29, 0.717) is 0 Å². The van der Waals surface area contributed by atoms with E-state index in [1.807, 2.05) is 0 Å². The second-order valence-electron chi connectivity index (χ2n) is 3.51. The van der Waals surface area contributed by atoms with Gasteiger partial charge in [-0.05, 0) is 0 Å². The van der Waals surface area contributed by atoms with Gasteiger partial charge in [-0.25, -0.2) is 0 Å². The van der Waals surface area contributed by atoms with Gasteiger partial charge in [0.15, 0.2) is 0 Å². The number of hydrogen-bond acceptors (Lipinski definition) is 6. The number of aliphatic hydroxyl groups excluding tert-OH is 6. The second kappa shape index (κ2) is 8.79. The minimum atomic E-state index is -3.04. The van der Waals surface area contributed by atoms with Gasteiger partial charge in [-0.1, -0.05) is 0 Å². The molecule has 10 heteroatoms. The Hall–Kier alpha value is 0.751. The Morgan fingerprint density at radius 3 is 0.875 bits per heavy atom. The predicted octanol–water partition coefficient (Wildman–Crippen LogP) is -6.56. The summed E-state index contributed by atoms with van der Waals surface area (Å²) in [7, 11) is -6.08. The second-order valence-corrected chi connectivity index (χ2v) is 11.2. The molecule has 16 heavy (non-hydrogen) atoms. The molecule has 0 saturated carbocycles. The van der Waals surface area contributed by atoms with Crippen LogP contribution in [0.15, 0.2) is 0 Å². The molecule has 0 aliphatic carbocycles. The molecule has 0 rings (SSSR count). The molecule has 0 spiro atoms. The molecule has 0 aromatic heterocycles. The van der Waals surface area contributed by atoms with Gasteiger partial charge < -0.3 is 35.3 Å². The Bertz CT molecular complexity index is 146. The monoisotopic (exact) mass is 263 g/mol. The van der Waals surface area contributed by atoms with Gasteiger partial charge in [0.2, 0.25) is 0 Å². The SMILES string of the molecule is OC[Si](CO)(CO)[N-][Si](CO)(CO)CO.[Li+]. The molecule has 7 nitrogen and oxygen atoms in total. The molecular formula is C6H18LiNO6Si2. The Labute approximate surface area is 108 Å². The van der Waals surface area contributed by atoms with Gasteiger partial charge in [-0.3, -0.25) is 0 Å². The summed E-state index contributed by atoms with van der Waals surface area (Å²) in [6, 6.07) is 0. The van der Waals surface area contributed by atoms with Crippen LogP contribution < -0.4 is 18.9 Å². The topological polar surface area (TPSA) is 135 Å². The molecule has 0 radical (unpaired) electrons. The Kier molecular flexibility index (Phi) is 10.5. The third-order valence-electron chi connectivity index (χ3n) is 2.24. The molecule has 0 saturated heterocycles. The number of hydrogen-bond donors (Lipinski definition) is 6. The molecule has 6 N–H and O–H groups in total. The average Bonchev–Trinajstić information content (AvgIpc) is 2.33. The molecule has 0 atom stereocenters. The summed E-state index contributed by atoms with van der Waals surface area (Å²) in [5.74, 6) is 0. The zero-order chi connectivity index (χ0) is 11.9. The number of nitrogens with zero attached hydrogens (tertiary/aromatic N) is 1. The van der Waals surface area contributed by atoms with Crippen LogP contribution in [-0.4, -0.2) is 84.5 Å². The smallest absolute Gasteiger partial charge is 0.655 e. The van der Waals surface area contributed by atoms with Crippen molar-refractivity contribution in [2.24, 2.45) is 0 Å². The fourth-order valence-electron chi connectivity index (χ4n) is 1.02. The molecule has 0 heterocycles. The zero-order valence-corrected chi connectivity index (χ0v) is 11.4. The van der Waals surface area contributed by atoms with Gasteiger partial charge in [0, 0.05) is 53.9 Å². The van der Waals surface area contributed by atoms with Gasteiger partial charge >= 0.3 is 18.9 Å². The van der Waals surface area contributed by atoms with Crippen molar-refractivity contribution in [3.05, 3.63) is 4.65 Å². The van der Waals surface area contributed by atoms with E-state index < -0.39 is 53.9 Å². The predicted molar refractivity (Wildman–Crippen MR) is 57.4 cm³/mol. The molecule has 0 bridgehead atoms. The van der Waals surface area contributed by atoms with Crippen LogP contribution in [0.3, 0.4) is 0 Å². The molecule has 0 aliphatic heterocycles. The van der Waals surface area contributed by atoms with Crippen LogP contribution in [0.4, 0.5) is 0 Å². The maximum Gasteiger partial charge on any atom is 1.00 e. The maximum absolute atomic E-state index is 9.05. The van der Waals surface area contributed by atoms with Crippen molar-refractivity contribution in [3.8, 4) is 0 Å². The maximum atomic E-state index is 9.05. The summed E-state index contributed by atoms with van der Waals surface area (Å²) in [4.78, 5) is 0. The van der Waals surface area contributed by atoms with Crippen LogP contribution in [0.25, 0.3) is 4.65 Å². The van der Waals surface area contributed by atoms with E-state index in [9.17, 15) is 0 Å². The fourth-order valence-corrected chi connectivity index (χ4v) is 7.34. The largest absolute Gasteiger partial charge is 1.00 e. The quantitative estimate of drug-likeness (QED) is 0.241. The summed E-state index contributed by atoms with van der Waals surface area (Å²) < 4.78 is 4.03. The van der Waals surface area contributed by atoms with E-state index in [-0.39, 0.29) is 18.9 Å². The summed E-state index contributed by atoms with van der Waals surface area (Å²) in [6.45, 7) is 0. The summed E-state index contributed by atoms with van der Waals surface area (Å²) in [6.07, 6.45) is -2.86. The summed E-state index contributed by atoms with van der Waals surface area (Å²) in [5.41, 5.74) is 0. The van der Waals surface area contributed by atoms with Gasteiger partial charge in [0.05, 0.1) is 0 Å². The third-order valence-corrected chi connectivity index (χ3v) is 9.57. The summed E-state index contributed by atoms with van der Waals surface area (Å²) in [5, 5.41) is 54.3. The van der Waals surface area contributed by atoms with Gasteiger partial charge in [-0.15, -0.1) is 0 Å². The number of aliphatic hydroxyl groups is 6. The van der Waals surface area contributed by atoms with Crippen LogP contribution in [-0.2, 0) is 0 Å². The van der Waals surface area contributed by atoms with Crippen molar-refractivity contribution >= 4 is 16.5 Å². The van der Waals surface area contributed by atoms with Crippen molar-refractivity contribution in [3.63, 3.8) is 0 Å².